The van der Waals surface area contributed by atoms with Gasteiger partial charge in [0.25, 0.3) is 0 Å². The molecule has 1 heterocycles. The highest BCUT2D eigenvalue weighted by atomic mass is 35.5. The number of ether oxygens (including phenoxy) is 4. The van der Waals surface area contributed by atoms with Gasteiger partial charge in [-0.3, -0.25) is 8.37 Å². The fourth-order valence-corrected chi connectivity index (χ4v) is 10.9. The molecule has 0 aliphatic rings. The van der Waals surface area contributed by atoms with Crippen LogP contribution in [-0.4, -0.2) is 189 Å². The van der Waals surface area contributed by atoms with Gasteiger partial charge in [0.2, 0.25) is 20.8 Å². The Labute approximate surface area is 723 Å². The van der Waals surface area contributed by atoms with Gasteiger partial charge < -0.3 is 91.8 Å². The molecular formula is C89H100Cl2N12O17S2. The lowest BCUT2D eigenvalue weighted by atomic mass is 10.1. The number of pyridine rings is 1. The number of aryl methyl sites for hydroxylation is 1. The standard InChI is InChI=1S/C24H21N3O2.C21H23N3O3.2C21H23N3O2.2CH4O4S.2ClH/c1-27-16-7-6-9-19(27)15-17-29-23-12-5-4-11-21(23)25-26-24-20-10-3-2-8-18(20)13-14-22(24)28;1-24(2,3)12-13-27-20-7-5-4-6-18(20)22-23-21-17-14-16(25)10-8-15(17)9-11-19(21)26;1-24(2,3)14-15-26-21-11-7-6-10-19(21)23-22-18-12-13-20(25)17-9-5-4-8-16(17)18;1-24(2,3)14-15-26-20-11-7-6-10-18(20)22-23-21-17-9-5-4-8-16(17)12-13-19(21)25;2*1-5-6(2,3)4;;/h2-14,16H,15,17H2,1H3;4-11,14H,12-13H2,1-3H3,(H-,22,25,26);2*4-13H,14-15H2,1-3H3;2*1H3,(H,2,3,4);2*1H. The lowest BCUT2D eigenvalue weighted by Crippen LogP contribution is -3.00. The van der Waals surface area contributed by atoms with Gasteiger partial charge in [-0.15, -0.1) is 40.9 Å². The quantitative estimate of drug-likeness (QED) is 0.0110. The maximum absolute atomic E-state index is 10.3. The van der Waals surface area contributed by atoms with E-state index in [1.807, 2.05) is 207 Å². The molecule has 644 valence electrons. The molecule has 5 N–H and O–H groups in total. The van der Waals surface area contributed by atoms with Crippen LogP contribution in [-0.2, 0) is 42.6 Å². The molecule has 0 fully saturated rings. The van der Waals surface area contributed by atoms with Gasteiger partial charge in [0.05, 0.1) is 96.4 Å². The molecular weight excluding hydrogens is 1640 g/mol. The molecule has 0 bridgehead atoms. The molecule has 0 aliphatic carbocycles. The molecule has 0 aliphatic heterocycles. The Balaban J connectivity index is 0.000000239. The number of para-hydroxylation sites is 4. The van der Waals surface area contributed by atoms with E-state index in [4.69, 9.17) is 18.9 Å². The van der Waals surface area contributed by atoms with Crippen LogP contribution in [0.1, 0.15) is 5.69 Å². The Morgan fingerprint density at radius 3 is 1.00 bits per heavy atom. The van der Waals surface area contributed by atoms with Crippen molar-refractivity contribution in [3.8, 4) is 51.7 Å². The van der Waals surface area contributed by atoms with Crippen LogP contribution in [0.25, 0.3) is 43.1 Å². The highest BCUT2D eigenvalue weighted by Gasteiger charge is 2.17. The van der Waals surface area contributed by atoms with E-state index in [-0.39, 0.29) is 53.6 Å². The average Bonchev–Trinajstić information content (AvgIpc) is 0.858. The third kappa shape index (κ3) is 32.6. The average molecular weight is 1740 g/mol. The number of fused-ring (bicyclic) bond motifs is 4. The largest absolute Gasteiger partial charge is 1.00 e. The first-order valence-electron chi connectivity index (χ1n) is 37.5. The Hall–Kier alpha value is -12.4. The van der Waals surface area contributed by atoms with Crippen LogP contribution in [0.2, 0.25) is 0 Å². The number of rotatable bonds is 26. The van der Waals surface area contributed by atoms with E-state index in [0.717, 1.165) is 91.4 Å². The van der Waals surface area contributed by atoms with Crippen LogP contribution in [0.15, 0.2) is 302 Å². The Kier molecular flexibility index (Phi) is 37.9. The fraction of sp³-hybridized carbons (Fsp3) is 0.225. The van der Waals surface area contributed by atoms with E-state index in [0.29, 0.717) is 100 Å². The van der Waals surface area contributed by atoms with Crippen molar-refractivity contribution < 1.29 is 122 Å². The minimum absolute atomic E-state index is 0. The first-order valence-corrected chi connectivity index (χ1v) is 40.2. The molecule has 13 aromatic rings. The van der Waals surface area contributed by atoms with Crippen molar-refractivity contribution in [1.82, 2.24) is 0 Å². The topological polar surface area (TPSA) is 374 Å². The summed E-state index contributed by atoms with van der Waals surface area (Å²) in [5, 5.41) is 91.9. The molecule has 33 heteroatoms. The molecule has 1 aromatic heterocycles. The molecule has 0 radical (unpaired) electrons. The van der Waals surface area contributed by atoms with Gasteiger partial charge in [0, 0.05) is 39.1 Å². The summed E-state index contributed by atoms with van der Waals surface area (Å²) in [5.74, 6) is 3.25. The second kappa shape index (κ2) is 47.0. The Morgan fingerprint density at radius 2 is 0.623 bits per heavy atom. The van der Waals surface area contributed by atoms with Crippen molar-refractivity contribution in [2.45, 2.75) is 6.42 Å². The lowest BCUT2D eigenvalue weighted by Gasteiger charge is -2.23. The van der Waals surface area contributed by atoms with Gasteiger partial charge in [-0.2, -0.15) is 0 Å². The van der Waals surface area contributed by atoms with E-state index in [1.165, 1.54) is 5.69 Å². The number of quaternary nitrogens is 3. The van der Waals surface area contributed by atoms with Gasteiger partial charge in [-0.05, 0) is 107 Å². The third-order valence-corrected chi connectivity index (χ3v) is 18.2. The molecule has 13 rings (SSSR count). The number of nitrogens with zero attached hydrogens (tertiary/aromatic N) is 12. The monoisotopic (exact) mass is 1740 g/mol. The summed E-state index contributed by atoms with van der Waals surface area (Å²) >= 11 is 0. The summed E-state index contributed by atoms with van der Waals surface area (Å²) in [7, 11) is 13.9. The normalized spacial score (nSPS) is 11.6. The van der Waals surface area contributed by atoms with E-state index >= 15 is 0 Å². The molecule has 0 amide bonds. The minimum atomic E-state index is -4.41. The summed E-state index contributed by atoms with van der Waals surface area (Å²) in [4.78, 5) is 0. The second-order valence-electron chi connectivity index (χ2n) is 29.6. The predicted octanol–water partition coefficient (Wildman–Crippen LogP) is 12.4. The van der Waals surface area contributed by atoms with Gasteiger partial charge in [-0.1, -0.05) is 152 Å². The fourth-order valence-electron chi connectivity index (χ4n) is 10.9. The predicted molar refractivity (Wildman–Crippen MR) is 462 cm³/mol. The zero-order chi connectivity index (χ0) is 87.1. The highest BCUT2D eigenvalue weighted by molar-refractivity contribution is 7.81. The van der Waals surface area contributed by atoms with Crippen LogP contribution in [0.4, 0.5) is 45.5 Å². The van der Waals surface area contributed by atoms with Crippen molar-refractivity contribution in [3.63, 3.8) is 0 Å². The van der Waals surface area contributed by atoms with Gasteiger partial charge in [-0.25, -0.2) is 21.4 Å². The van der Waals surface area contributed by atoms with Gasteiger partial charge in [0.1, 0.15) is 138 Å². The number of phenolic OH excluding ortho intramolecular Hbond substituents is 5. The number of aromatic hydroxyl groups is 5. The SMILES string of the molecule is COS(=O)(=O)[O-].COS(=O)(=O)[O-].C[N+](C)(C)CCOc1ccccc1N=Nc1c(O)ccc2ccc(O)cc12.C[N+](C)(C)CCOc1ccccc1N=Nc1c(O)ccc2ccccc12.C[N+](C)(C)CCOc1ccccc1N=Nc1ccc(O)c2ccccc12.C[n+]1ccccc1CCOc1ccccc1N=Nc1c(O)ccc2ccccc12.[Cl-].[Cl-]. The van der Waals surface area contributed by atoms with Crippen LogP contribution in [0.5, 0.6) is 51.7 Å². The number of phenols is 5. The first kappa shape index (κ1) is 98.5. The number of hydrogen-bond donors (Lipinski definition) is 5. The summed E-state index contributed by atoms with van der Waals surface area (Å²) in [6, 6.07) is 78.0. The van der Waals surface area contributed by atoms with Crippen LogP contribution < -0.4 is 48.3 Å². The number of benzene rings is 12. The van der Waals surface area contributed by atoms with E-state index in [2.05, 4.69) is 123 Å². The molecule has 122 heavy (non-hydrogen) atoms. The van der Waals surface area contributed by atoms with Crippen molar-refractivity contribution in [1.29, 1.82) is 0 Å². The van der Waals surface area contributed by atoms with Crippen LogP contribution in [0.3, 0.4) is 0 Å². The maximum Gasteiger partial charge on any atom is 0.217 e. The zero-order valence-corrected chi connectivity index (χ0v) is 72.7. The van der Waals surface area contributed by atoms with E-state index < -0.39 is 20.8 Å². The molecule has 0 spiro atoms. The van der Waals surface area contributed by atoms with E-state index in [1.54, 1.807) is 54.6 Å². The van der Waals surface area contributed by atoms with Crippen molar-refractivity contribution >= 4 is 109 Å². The lowest BCUT2D eigenvalue weighted by molar-refractivity contribution is -0.870. The molecule has 0 saturated carbocycles. The van der Waals surface area contributed by atoms with Crippen LogP contribution in [0, 0.1) is 0 Å². The Morgan fingerprint density at radius 1 is 0.328 bits per heavy atom. The van der Waals surface area contributed by atoms with Crippen molar-refractivity contribution in [3.05, 3.63) is 267 Å². The first-order chi connectivity index (χ1) is 57.1. The van der Waals surface area contributed by atoms with Gasteiger partial charge in [0.15, 0.2) is 11.9 Å². The zero-order valence-electron chi connectivity index (χ0n) is 69.6. The second-order valence-corrected chi connectivity index (χ2v) is 31.9. The van der Waals surface area contributed by atoms with E-state index in [9.17, 15) is 51.5 Å². The summed E-state index contributed by atoms with van der Waals surface area (Å²) < 4.78 is 90.2. The van der Waals surface area contributed by atoms with Crippen molar-refractivity contribution in [2.24, 2.45) is 48.0 Å². The maximum atomic E-state index is 10.3. The Bertz CT molecular complexity index is 5910. The van der Waals surface area contributed by atoms with Crippen molar-refractivity contribution in [2.75, 3.05) is 124 Å². The third-order valence-electron chi connectivity index (χ3n) is 17.3. The molecule has 0 atom stereocenters. The number of azo groups is 4. The summed E-state index contributed by atoms with van der Waals surface area (Å²) in [6.45, 7) is 4.93. The highest BCUT2D eigenvalue weighted by Crippen LogP contribution is 2.42. The molecule has 0 saturated heterocycles. The van der Waals surface area contributed by atoms with Crippen LogP contribution >= 0.6 is 0 Å². The number of hydrogen-bond acceptors (Lipinski definition) is 25. The summed E-state index contributed by atoms with van der Waals surface area (Å²) in [5.41, 5.74) is 5.65. The number of aromatic nitrogens is 1. The minimum Gasteiger partial charge on any atom is -1.00 e. The van der Waals surface area contributed by atoms with Gasteiger partial charge >= 0.3 is 0 Å². The smallest absolute Gasteiger partial charge is 0.217 e. The number of halogens is 2. The molecule has 12 aromatic carbocycles. The molecule has 29 nitrogen and oxygen atoms in total. The number of likely N-dealkylation sites (N-methyl/N-ethyl adjacent to an activating group) is 3. The molecule has 0 unspecified atom stereocenters. The summed E-state index contributed by atoms with van der Waals surface area (Å²) in [6.07, 6.45) is 2.81.